The van der Waals surface area contributed by atoms with Crippen molar-refractivity contribution in [2.45, 2.75) is 13.0 Å². The highest BCUT2D eigenvalue weighted by molar-refractivity contribution is 4.47. The van der Waals surface area contributed by atoms with E-state index in [9.17, 15) is 0 Å². The number of hydrogen-bond donors (Lipinski definition) is 2. The number of rotatable bonds is 25. The van der Waals surface area contributed by atoms with Gasteiger partial charge in [0.2, 0.25) is 0 Å². The monoisotopic (exact) mass is 428 g/mol. The first-order valence-electron chi connectivity index (χ1n) is 10.2. The first kappa shape index (κ1) is 28.6. The lowest BCUT2D eigenvalue weighted by atomic mass is 10.4. The van der Waals surface area contributed by atoms with Crippen molar-refractivity contribution in [3.8, 4) is 0 Å². The zero-order valence-electron chi connectivity index (χ0n) is 17.8. The Hall–Kier alpha value is -0.400. The third-order valence-corrected chi connectivity index (χ3v) is 3.31. The highest BCUT2D eigenvalue weighted by atomic mass is 16.6. The summed E-state index contributed by atoms with van der Waals surface area (Å²) < 4.78 is 42.6. The highest BCUT2D eigenvalue weighted by Gasteiger charge is 2.02. The fourth-order valence-electron chi connectivity index (χ4n) is 1.94. The zero-order valence-corrected chi connectivity index (χ0v) is 17.8. The van der Waals surface area contributed by atoms with Crippen molar-refractivity contribution in [3.05, 3.63) is 0 Å². The molecular formula is C19H40O10. The molecule has 0 aromatic carbocycles. The van der Waals surface area contributed by atoms with E-state index in [2.05, 4.69) is 0 Å². The Kier molecular flexibility index (Phi) is 25.3. The van der Waals surface area contributed by atoms with Crippen LogP contribution < -0.4 is 0 Å². The molecule has 10 nitrogen and oxygen atoms in total. The quantitative estimate of drug-likeness (QED) is 0.184. The number of aliphatic hydroxyl groups excluding tert-OH is 2. The summed E-state index contributed by atoms with van der Waals surface area (Å²) in [6, 6.07) is 0. The molecular weight excluding hydrogens is 388 g/mol. The Morgan fingerprint density at radius 2 is 0.759 bits per heavy atom. The molecule has 0 aliphatic carbocycles. The maximum atomic E-state index is 8.54. The van der Waals surface area contributed by atoms with Crippen LogP contribution >= 0.6 is 0 Å². The molecule has 0 bridgehead atoms. The van der Waals surface area contributed by atoms with Gasteiger partial charge in [-0.2, -0.15) is 0 Å². The maximum Gasteiger partial charge on any atom is 0.0781 e. The van der Waals surface area contributed by atoms with Crippen molar-refractivity contribution in [1.82, 2.24) is 0 Å². The first-order chi connectivity index (χ1) is 14.3. The van der Waals surface area contributed by atoms with Gasteiger partial charge in [0.25, 0.3) is 0 Å². The Balaban J connectivity index is 3.12. The summed E-state index contributed by atoms with van der Waals surface area (Å²) in [5, 5.41) is 17.1. The molecule has 1 atom stereocenters. The Morgan fingerprint density at radius 3 is 1.14 bits per heavy atom. The minimum Gasteiger partial charge on any atom is -0.394 e. The molecule has 0 amide bonds. The fourth-order valence-corrected chi connectivity index (χ4v) is 1.94. The van der Waals surface area contributed by atoms with E-state index in [-0.39, 0.29) is 19.3 Å². The van der Waals surface area contributed by atoms with Crippen molar-refractivity contribution < 1.29 is 48.1 Å². The summed E-state index contributed by atoms with van der Waals surface area (Å²) in [7, 11) is 0. The Labute approximate surface area is 174 Å². The SMILES string of the molecule is CC(COCCOCCOCCOCCO)OCCOCCOCCOCCO. The third-order valence-electron chi connectivity index (χ3n) is 3.31. The van der Waals surface area contributed by atoms with Gasteiger partial charge in [0.15, 0.2) is 0 Å². The van der Waals surface area contributed by atoms with Gasteiger partial charge in [-0.3, -0.25) is 0 Å². The van der Waals surface area contributed by atoms with Crippen molar-refractivity contribution in [3.63, 3.8) is 0 Å². The second-order valence-corrected chi connectivity index (χ2v) is 5.88. The van der Waals surface area contributed by atoms with E-state index >= 15 is 0 Å². The van der Waals surface area contributed by atoms with Crippen LogP contribution in [-0.2, 0) is 37.9 Å². The van der Waals surface area contributed by atoms with Gasteiger partial charge < -0.3 is 48.1 Å². The minimum absolute atomic E-state index is 0.0132. The molecule has 1 unspecified atom stereocenters. The van der Waals surface area contributed by atoms with Crippen LogP contribution in [0.4, 0.5) is 0 Å². The van der Waals surface area contributed by atoms with Crippen LogP contribution in [0.2, 0.25) is 0 Å². The predicted octanol–water partition coefficient (Wildman–Crippen LogP) is -0.508. The average molecular weight is 429 g/mol. The Morgan fingerprint density at radius 1 is 0.448 bits per heavy atom. The summed E-state index contributed by atoms with van der Waals surface area (Å²) in [5.74, 6) is 0. The minimum atomic E-state index is -0.0132. The topological polar surface area (TPSA) is 114 Å². The number of aliphatic hydroxyl groups is 2. The van der Waals surface area contributed by atoms with Gasteiger partial charge in [0.05, 0.1) is 118 Å². The maximum absolute atomic E-state index is 8.54. The summed E-state index contributed by atoms with van der Waals surface area (Å²) >= 11 is 0. The first-order valence-corrected chi connectivity index (χ1v) is 10.2. The standard InChI is InChI=1S/C19H40O10/c1-19(29-17-16-27-13-12-25-9-7-23-5-3-21)18-28-15-14-26-11-10-24-8-6-22-4-2-20/h19-21H,2-18H2,1H3. The van der Waals surface area contributed by atoms with E-state index in [1.807, 2.05) is 6.92 Å². The van der Waals surface area contributed by atoms with Gasteiger partial charge in [-0.05, 0) is 6.92 Å². The van der Waals surface area contributed by atoms with Gasteiger partial charge in [0, 0.05) is 0 Å². The van der Waals surface area contributed by atoms with Gasteiger partial charge >= 0.3 is 0 Å². The molecule has 0 aliphatic rings. The van der Waals surface area contributed by atoms with Crippen LogP contribution in [0.5, 0.6) is 0 Å². The highest BCUT2D eigenvalue weighted by Crippen LogP contribution is 1.93. The van der Waals surface area contributed by atoms with E-state index in [4.69, 9.17) is 48.1 Å². The molecule has 0 saturated carbocycles. The summed E-state index contributed by atoms with van der Waals surface area (Å²) in [4.78, 5) is 0. The van der Waals surface area contributed by atoms with Crippen LogP contribution in [0, 0.1) is 0 Å². The van der Waals surface area contributed by atoms with E-state index in [1.165, 1.54) is 0 Å². The molecule has 2 N–H and O–H groups in total. The molecule has 0 radical (unpaired) electrons. The van der Waals surface area contributed by atoms with Crippen LogP contribution in [0.3, 0.4) is 0 Å². The summed E-state index contributed by atoms with van der Waals surface area (Å²) in [5.41, 5.74) is 0. The normalized spacial score (nSPS) is 12.5. The zero-order chi connectivity index (χ0) is 21.3. The molecule has 0 aromatic heterocycles. The van der Waals surface area contributed by atoms with Gasteiger partial charge in [-0.1, -0.05) is 0 Å². The van der Waals surface area contributed by atoms with Crippen molar-refractivity contribution in [2.75, 3.05) is 112 Å². The molecule has 0 aliphatic heterocycles. The molecule has 0 heterocycles. The van der Waals surface area contributed by atoms with Gasteiger partial charge in [-0.15, -0.1) is 0 Å². The fraction of sp³-hybridized carbons (Fsp3) is 1.00. The summed E-state index contributed by atoms with van der Waals surface area (Å²) in [6.07, 6.45) is -0.0132. The molecule has 29 heavy (non-hydrogen) atoms. The molecule has 0 spiro atoms. The van der Waals surface area contributed by atoms with Crippen molar-refractivity contribution in [1.29, 1.82) is 0 Å². The Bertz CT molecular complexity index is 296. The average Bonchev–Trinajstić information content (AvgIpc) is 2.72. The lowest BCUT2D eigenvalue weighted by molar-refractivity contribution is -0.0499. The van der Waals surface area contributed by atoms with Crippen molar-refractivity contribution in [2.24, 2.45) is 0 Å². The molecule has 0 aromatic rings. The van der Waals surface area contributed by atoms with Gasteiger partial charge in [-0.25, -0.2) is 0 Å². The summed E-state index contributed by atoms with van der Waals surface area (Å²) in [6.45, 7) is 9.14. The number of hydrogen-bond acceptors (Lipinski definition) is 10. The van der Waals surface area contributed by atoms with Crippen molar-refractivity contribution >= 4 is 0 Å². The molecule has 176 valence electrons. The van der Waals surface area contributed by atoms with E-state index in [0.717, 1.165) is 0 Å². The van der Waals surface area contributed by atoms with Crippen LogP contribution in [0.1, 0.15) is 6.92 Å². The second kappa shape index (κ2) is 25.6. The number of ether oxygens (including phenoxy) is 8. The molecule has 10 heteroatoms. The van der Waals surface area contributed by atoms with E-state index in [0.29, 0.717) is 99.1 Å². The van der Waals surface area contributed by atoms with Crippen LogP contribution in [0.25, 0.3) is 0 Å². The predicted molar refractivity (Wildman–Crippen MR) is 105 cm³/mol. The lowest BCUT2D eigenvalue weighted by Gasteiger charge is -2.14. The molecule has 0 saturated heterocycles. The van der Waals surface area contributed by atoms with E-state index in [1.54, 1.807) is 0 Å². The molecule has 0 fully saturated rings. The molecule has 0 rings (SSSR count). The second-order valence-electron chi connectivity index (χ2n) is 5.88. The third kappa shape index (κ3) is 25.6. The lowest BCUT2D eigenvalue weighted by Crippen LogP contribution is -2.21. The van der Waals surface area contributed by atoms with Gasteiger partial charge in [0.1, 0.15) is 0 Å². The largest absolute Gasteiger partial charge is 0.394 e. The van der Waals surface area contributed by atoms with E-state index < -0.39 is 0 Å². The smallest absolute Gasteiger partial charge is 0.0781 e. The van der Waals surface area contributed by atoms with Crippen LogP contribution in [0.15, 0.2) is 0 Å². The van der Waals surface area contributed by atoms with Crippen LogP contribution in [-0.4, -0.2) is 129 Å².